The minimum atomic E-state index is -4.26. The van der Waals surface area contributed by atoms with Crippen molar-refractivity contribution in [2.45, 2.75) is 30.5 Å². The molecular weight excluding hydrogens is 424 g/mol. The molecule has 0 aliphatic carbocycles. The van der Waals surface area contributed by atoms with Gasteiger partial charge in [-0.25, -0.2) is 18.9 Å². The van der Waals surface area contributed by atoms with Gasteiger partial charge in [0.05, 0.1) is 29.1 Å². The van der Waals surface area contributed by atoms with Gasteiger partial charge in [0.1, 0.15) is 17.9 Å². The molecule has 2 unspecified atom stereocenters. The Hall–Kier alpha value is -2.58. The van der Waals surface area contributed by atoms with Crippen molar-refractivity contribution in [1.82, 2.24) is 14.8 Å². The van der Waals surface area contributed by atoms with Crippen LogP contribution in [0.15, 0.2) is 29.2 Å². The van der Waals surface area contributed by atoms with E-state index in [9.17, 15) is 23.1 Å². The van der Waals surface area contributed by atoms with E-state index in [2.05, 4.69) is 10.3 Å². The molecule has 11 nitrogen and oxygen atoms in total. The number of hydrogen-bond acceptors (Lipinski definition) is 9. The Balaban J connectivity index is 2.06. The molecule has 0 saturated heterocycles. The number of hydrogen-bond donors (Lipinski definition) is 4. The molecule has 2 aromatic rings. The van der Waals surface area contributed by atoms with Crippen LogP contribution in [0.1, 0.15) is 23.6 Å². The van der Waals surface area contributed by atoms with Crippen molar-refractivity contribution in [2.24, 2.45) is 0 Å². The summed E-state index contributed by atoms with van der Waals surface area (Å²) in [7, 11) is -2.82. The number of aliphatic hydroxyl groups is 1. The van der Waals surface area contributed by atoms with Gasteiger partial charge in [-0.05, 0) is 24.3 Å². The van der Waals surface area contributed by atoms with Gasteiger partial charge in [0, 0.05) is 6.92 Å². The molecule has 2 amide bonds. The molecule has 156 valence electrons. The molecule has 1 aromatic heterocycles. The lowest BCUT2D eigenvalue weighted by Crippen LogP contribution is -2.53. The minimum Gasteiger partial charge on any atom is -0.497 e. The molecule has 1 aliphatic heterocycles. The lowest BCUT2D eigenvalue weighted by molar-refractivity contribution is -0.137. The Morgan fingerprint density at radius 3 is 2.52 bits per heavy atom. The van der Waals surface area contributed by atoms with Crippen molar-refractivity contribution in [2.75, 3.05) is 12.4 Å². The van der Waals surface area contributed by atoms with Crippen molar-refractivity contribution < 1.29 is 33.1 Å². The molecule has 0 fully saturated rings. The molecule has 0 saturated carbocycles. The third-order valence-corrected chi connectivity index (χ3v) is 7.16. The summed E-state index contributed by atoms with van der Waals surface area (Å²) in [4.78, 5) is 27.7. The zero-order chi connectivity index (χ0) is 21.3. The molecule has 1 aromatic carbocycles. The monoisotopic (exact) mass is 442 g/mol. The molecule has 1 aliphatic rings. The topological polar surface area (TPSA) is 158 Å². The number of anilines is 1. The molecule has 2 heterocycles. The van der Waals surface area contributed by atoms with Crippen LogP contribution in [0.25, 0.3) is 0 Å². The van der Waals surface area contributed by atoms with Gasteiger partial charge in [-0.1, -0.05) is 11.3 Å². The van der Waals surface area contributed by atoms with Gasteiger partial charge in [0.25, 0.3) is 5.91 Å². The highest BCUT2D eigenvalue weighted by Gasteiger charge is 2.47. The summed E-state index contributed by atoms with van der Waals surface area (Å²) in [6.07, 6.45) is -1.60. The number of hydroxylamine groups is 1. The van der Waals surface area contributed by atoms with Crippen LogP contribution in [0, 0.1) is 0 Å². The summed E-state index contributed by atoms with van der Waals surface area (Å²) < 4.78 is 32.1. The first kappa shape index (κ1) is 21.1. The molecule has 13 heteroatoms. The third-order valence-electron chi connectivity index (χ3n) is 4.24. The van der Waals surface area contributed by atoms with Crippen molar-refractivity contribution in [3.63, 3.8) is 0 Å². The Morgan fingerprint density at radius 2 is 1.97 bits per heavy atom. The predicted octanol–water partition coefficient (Wildman–Crippen LogP) is 0.222. The SMILES string of the molecule is COc1ccc(S(=O)(=O)N2Cc3nc(NC(C)=O)sc3C(O)C2C(=O)NO)cc1. The van der Waals surface area contributed by atoms with Crippen molar-refractivity contribution in [3.05, 3.63) is 34.8 Å². The smallest absolute Gasteiger partial charge is 0.264 e. The first-order valence-corrected chi connectivity index (χ1v) is 10.5. The van der Waals surface area contributed by atoms with Gasteiger partial charge in [-0.2, -0.15) is 4.31 Å². The summed E-state index contributed by atoms with van der Waals surface area (Å²) in [5.74, 6) is -1.05. The fraction of sp³-hybridized carbons (Fsp3) is 0.312. The number of benzene rings is 1. The number of sulfonamides is 1. The maximum Gasteiger partial charge on any atom is 0.264 e. The Morgan fingerprint density at radius 1 is 1.31 bits per heavy atom. The quantitative estimate of drug-likeness (QED) is 0.378. The number of amides is 2. The van der Waals surface area contributed by atoms with Crippen LogP contribution in [0.3, 0.4) is 0 Å². The van der Waals surface area contributed by atoms with Crippen LogP contribution < -0.4 is 15.5 Å². The fourth-order valence-electron chi connectivity index (χ4n) is 2.92. The number of aliphatic hydroxyl groups excluding tert-OH is 1. The first-order chi connectivity index (χ1) is 13.7. The van der Waals surface area contributed by atoms with Gasteiger partial charge in [0.15, 0.2) is 5.13 Å². The molecule has 4 N–H and O–H groups in total. The van der Waals surface area contributed by atoms with E-state index in [0.29, 0.717) is 5.75 Å². The highest BCUT2D eigenvalue weighted by atomic mass is 32.2. The van der Waals surface area contributed by atoms with Crippen LogP contribution in [-0.2, 0) is 26.2 Å². The van der Waals surface area contributed by atoms with Crippen molar-refractivity contribution >= 4 is 38.3 Å². The summed E-state index contributed by atoms with van der Waals surface area (Å²) in [5.41, 5.74) is 1.60. The number of methoxy groups -OCH3 is 1. The van der Waals surface area contributed by atoms with Crippen LogP contribution in [0.5, 0.6) is 5.75 Å². The number of nitrogens with one attached hydrogen (secondary N) is 2. The largest absolute Gasteiger partial charge is 0.497 e. The zero-order valence-electron chi connectivity index (χ0n) is 15.3. The number of nitrogens with zero attached hydrogens (tertiary/aromatic N) is 2. The summed E-state index contributed by atoms with van der Waals surface area (Å²) >= 11 is 0.924. The maximum atomic E-state index is 13.2. The number of carbonyl (C=O) groups excluding carboxylic acids is 2. The number of rotatable bonds is 5. The van der Waals surface area contributed by atoms with E-state index >= 15 is 0 Å². The normalized spacial score (nSPS) is 19.3. The van der Waals surface area contributed by atoms with Gasteiger partial charge in [-0.3, -0.25) is 14.8 Å². The van der Waals surface area contributed by atoms with E-state index in [1.807, 2.05) is 0 Å². The van der Waals surface area contributed by atoms with E-state index in [0.717, 1.165) is 15.6 Å². The summed E-state index contributed by atoms with van der Waals surface area (Å²) in [5, 5.41) is 22.4. The number of carbonyl (C=O) groups is 2. The molecule has 3 rings (SSSR count). The number of aromatic nitrogens is 1. The van der Waals surface area contributed by atoms with Gasteiger partial charge < -0.3 is 15.2 Å². The average molecular weight is 442 g/mol. The second-order valence-corrected chi connectivity index (χ2v) is 9.02. The van der Waals surface area contributed by atoms with Crippen LogP contribution in [-0.4, -0.2) is 53.0 Å². The van der Waals surface area contributed by atoms with Crippen LogP contribution in [0.2, 0.25) is 0 Å². The molecular formula is C16H18N4O7S2. The van der Waals surface area contributed by atoms with E-state index in [1.165, 1.54) is 43.8 Å². The molecule has 0 radical (unpaired) electrons. The number of fused-ring (bicyclic) bond motifs is 1. The second-order valence-electron chi connectivity index (χ2n) is 6.10. The van der Waals surface area contributed by atoms with Crippen LogP contribution >= 0.6 is 11.3 Å². The highest BCUT2D eigenvalue weighted by molar-refractivity contribution is 7.89. The molecule has 0 bridgehead atoms. The number of thiazole rings is 1. The van der Waals surface area contributed by atoms with Gasteiger partial charge >= 0.3 is 0 Å². The van der Waals surface area contributed by atoms with E-state index in [-0.39, 0.29) is 27.1 Å². The van der Waals surface area contributed by atoms with Crippen molar-refractivity contribution in [1.29, 1.82) is 0 Å². The van der Waals surface area contributed by atoms with Gasteiger partial charge in [-0.15, -0.1) is 0 Å². The summed E-state index contributed by atoms with van der Waals surface area (Å²) in [6, 6.07) is 3.85. The van der Waals surface area contributed by atoms with Crippen molar-refractivity contribution in [3.8, 4) is 5.75 Å². The third kappa shape index (κ3) is 3.95. The minimum absolute atomic E-state index is 0.137. The molecule has 0 spiro atoms. The number of ether oxygens (including phenoxy) is 1. The maximum absolute atomic E-state index is 13.2. The first-order valence-electron chi connectivity index (χ1n) is 8.24. The lowest BCUT2D eigenvalue weighted by Gasteiger charge is -2.35. The fourth-order valence-corrected chi connectivity index (χ4v) is 5.51. The average Bonchev–Trinajstić information content (AvgIpc) is 3.09. The van der Waals surface area contributed by atoms with E-state index in [4.69, 9.17) is 9.94 Å². The zero-order valence-corrected chi connectivity index (χ0v) is 17.0. The second kappa shape index (κ2) is 8.04. The van der Waals surface area contributed by atoms with E-state index < -0.39 is 34.0 Å². The predicted molar refractivity (Wildman–Crippen MR) is 101 cm³/mol. The lowest BCUT2D eigenvalue weighted by atomic mass is 10.0. The van der Waals surface area contributed by atoms with E-state index in [1.54, 1.807) is 0 Å². The summed E-state index contributed by atoms with van der Waals surface area (Å²) in [6.45, 7) is 0.939. The van der Waals surface area contributed by atoms with Crippen LogP contribution in [0.4, 0.5) is 5.13 Å². The molecule has 29 heavy (non-hydrogen) atoms. The Labute approximate surface area is 169 Å². The van der Waals surface area contributed by atoms with Gasteiger partial charge in [0.2, 0.25) is 15.9 Å². The molecule has 2 atom stereocenters. The highest BCUT2D eigenvalue weighted by Crippen LogP contribution is 2.40. The Bertz CT molecular complexity index is 1040. The standard InChI is InChI=1S/C16H18N4O7S2/c1-8(21)17-16-18-11-7-20(12(15(23)19-24)13(22)14(11)28-16)29(25,26)10-5-3-9(27-2)4-6-10/h3-6,12-13,22,24H,7H2,1-2H3,(H,19,23)(H,17,18,21). The Kier molecular flexibility index (Phi) is 5.86.